The first kappa shape index (κ1) is 10.8. The number of rotatable bonds is 3. The Labute approximate surface area is 99.7 Å². The molecule has 0 fully saturated rings. The third-order valence-corrected chi connectivity index (χ3v) is 2.65. The van der Waals surface area contributed by atoms with Crippen molar-refractivity contribution in [2.75, 3.05) is 0 Å². The van der Waals surface area contributed by atoms with Gasteiger partial charge in [-0.05, 0) is 6.42 Å². The van der Waals surface area contributed by atoms with Crippen LogP contribution in [-0.4, -0.2) is 9.97 Å². The van der Waals surface area contributed by atoms with Gasteiger partial charge in [-0.2, -0.15) is 0 Å². The molecule has 0 spiro atoms. The van der Waals surface area contributed by atoms with Crippen molar-refractivity contribution in [3.8, 4) is 11.4 Å². The molecule has 0 amide bonds. The van der Waals surface area contributed by atoms with Gasteiger partial charge in [0.25, 0.3) is 0 Å². The smallest absolute Gasteiger partial charge is 0.138 e. The maximum Gasteiger partial charge on any atom is 0.138 e. The highest BCUT2D eigenvalue weighted by atomic mass is 32.1. The van der Waals surface area contributed by atoms with E-state index in [4.69, 9.17) is 12.2 Å². The Hall–Kier alpha value is -1.74. The fourth-order valence-electron chi connectivity index (χ4n) is 1.46. The van der Waals surface area contributed by atoms with E-state index in [1.54, 1.807) is 0 Å². The first-order valence-electron chi connectivity index (χ1n) is 5.06. The van der Waals surface area contributed by atoms with Gasteiger partial charge in [0.15, 0.2) is 0 Å². The summed E-state index contributed by atoms with van der Waals surface area (Å²) in [6.07, 6.45) is 4.38. The summed E-state index contributed by atoms with van der Waals surface area (Å²) < 4.78 is 0.730. The molecule has 1 heterocycles. The summed E-state index contributed by atoms with van der Waals surface area (Å²) in [4.78, 5) is 7.49. The van der Waals surface area contributed by atoms with Crippen LogP contribution in [-0.2, 0) is 6.42 Å². The highest BCUT2D eigenvalue weighted by molar-refractivity contribution is 7.71. The number of aromatic amines is 1. The topological polar surface area (TPSA) is 28.7 Å². The molecule has 0 aliphatic carbocycles. The standard InChI is InChI=1S/C13H12N2S/c1-2-6-11-9-14-12(15-13(11)16)10-7-4-3-5-8-10/h2-5,7-9H,1,6H2,(H,14,15,16). The molecule has 0 unspecified atom stereocenters. The molecule has 0 bridgehead atoms. The lowest BCUT2D eigenvalue weighted by atomic mass is 10.2. The van der Waals surface area contributed by atoms with Crippen LogP contribution in [0.15, 0.2) is 49.2 Å². The second-order valence-corrected chi connectivity index (χ2v) is 3.85. The zero-order chi connectivity index (χ0) is 11.4. The molecule has 2 aromatic rings. The maximum atomic E-state index is 5.26. The molecule has 0 aliphatic heterocycles. The highest BCUT2D eigenvalue weighted by Gasteiger charge is 2.00. The SMILES string of the molecule is C=CCc1cnc(-c2ccccc2)[nH]c1=S. The highest BCUT2D eigenvalue weighted by Crippen LogP contribution is 2.14. The number of nitrogens with zero attached hydrogens (tertiary/aromatic N) is 1. The summed E-state index contributed by atoms with van der Waals surface area (Å²) in [5.41, 5.74) is 2.04. The molecule has 0 saturated carbocycles. The molecular weight excluding hydrogens is 216 g/mol. The van der Waals surface area contributed by atoms with Gasteiger partial charge < -0.3 is 4.98 Å². The molecule has 1 N–H and O–H groups in total. The zero-order valence-electron chi connectivity index (χ0n) is 8.81. The Balaban J connectivity index is 2.42. The van der Waals surface area contributed by atoms with Gasteiger partial charge in [0, 0.05) is 17.3 Å². The minimum absolute atomic E-state index is 0.730. The van der Waals surface area contributed by atoms with Crippen molar-refractivity contribution in [3.05, 3.63) is 59.4 Å². The van der Waals surface area contributed by atoms with Crippen molar-refractivity contribution in [2.24, 2.45) is 0 Å². The van der Waals surface area contributed by atoms with E-state index in [2.05, 4.69) is 16.5 Å². The number of H-pyrrole nitrogens is 1. The van der Waals surface area contributed by atoms with Crippen molar-refractivity contribution in [1.82, 2.24) is 9.97 Å². The van der Waals surface area contributed by atoms with Crippen molar-refractivity contribution >= 4 is 12.2 Å². The lowest BCUT2D eigenvalue weighted by molar-refractivity contribution is 1.08. The number of allylic oxidation sites excluding steroid dienone is 1. The van der Waals surface area contributed by atoms with Crippen LogP contribution in [0.3, 0.4) is 0 Å². The van der Waals surface area contributed by atoms with Crippen LogP contribution >= 0.6 is 12.2 Å². The first-order chi connectivity index (χ1) is 7.81. The molecule has 2 nitrogen and oxygen atoms in total. The van der Waals surface area contributed by atoms with E-state index in [9.17, 15) is 0 Å². The molecule has 0 aliphatic rings. The third kappa shape index (κ3) is 2.25. The van der Waals surface area contributed by atoms with Crippen LogP contribution in [0.5, 0.6) is 0 Å². The Morgan fingerprint density at radius 2 is 2.06 bits per heavy atom. The largest absolute Gasteiger partial charge is 0.331 e. The predicted molar refractivity (Wildman–Crippen MR) is 68.8 cm³/mol. The van der Waals surface area contributed by atoms with Crippen molar-refractivity contribution in [2.45, 2.75) is 6.42 Å². The molecule has 0 radical (unpaired) electrons. The molecule has 0 atom stereocenters. The quantitative estimate of drug-likeness (QED) is 0.643. The van der Waals surface area contributed by atoms with Crippen LogP contribution in [0.2, 0.25) is 0 Å². The molecule has 2 rings (SSSR count). The second kappa shape index (κ2) is 4.86. The van der Waals surface area contributed by atoms with Gasteiger partial charge in [0.05, 0.1) is 0 Å². The van der Waals surface area contributed by atoms with Gasteiger partial charge in [0.1, 0.15) is 10.5 Å². The van der Waals surface area contributed by atoms with Crippen molar-refractivity contribution in [1.29, 1.82) is 0 Å². The minimum Gasteiger partial charge on any atom is -0.331 e. The Bertz CT molecular complexity index is 543. The lowest BCUT2D eigenvalue weighted by Gasteiger charge is -2.02. The summed E-state index contributed by atoms with van der Waals surface area (Å²) >= 11 is 5.26. The van der Waals surface area contributed by atoms with Crippen LogP contribution < -0.4 is 0 Å². The predicted octanol–water partition coefficient (Wildman–Crippen LogP) is 3.53. The number of hydrogen-bond acceptors (Lipinski definition) is 2. The van der Waals surface area contributed by atoms with Crippen molar-refractivity contribution < 1.29 is 0 Å². The van der Waals surface area contributed by atoms with E-state index >= 15 is 0 Å². The van der Waals surface area contributed by atoms with E-state index < -0.39 is 0 Å². The molecule has 16 heavy (non-hydrogen) atoms. The summed E-state index contributed by atoms with van der Waals surface area (Å²) in [7, 11) is 0. The fraction of sp³-hybridized carbons (Fsp3) is 0.0769. The van der Waals surface area contributed by atoms with Gasteiger partial charge in [-0.25, -0.2) is 4.98 Å². The van der Waals surface area contributed by atoms with E-state index in [1.165, 1.54) is 0 Å². The van der Waals surface area contributed by atoms with Crippen LogP contribution in [0.1, 0.15) is 5.56 Å². The summed E-state index contributed by atoms with van der Waals surface area (Å²) in [6.45, 7) is 3.69. The number of nitrogens with one attached hydrogen (secondary N) is 1. The monoisotopic (exact) mass is 228 g/mol. The van der Waals surface area contributed by atoms with E-state index in [0.29, 0.717) is 0 Å². The number of benzene rings is 1. The summed E-state index contributed by atoms with van der Waals surface area (Å²) in [5.74, 6) is 0.804. The zero-order valence-corrected chi connectivity index (χ0v) is 9.63. The van der Waals surface area contributed by atoms with Crippen LogP contribution in [0, 0.1) is 4.64 Å². The Morgan fingerprint density at radius 1 is 1.31 bits per heavy atom. The molecule has 1 aromatic heterocycles. The number of aromatic nitrogens is 2. The third-order valence-electron chi connectivity index (χ3n) is 2.28. The fourth-order valence-corrected chi connectivity index (χ4v) is 1.70. The summed E-state index contributed by atoms with van der Waals surface area (Å²) in [5, 5.41) is 0. The molecule has 3 heteroatoms. The average molecular weight is 228 g/mol. The van der Waals surface area contributed by atoms with E-state index in [-0.39, 0.29) is 0 Å². The van der Waals surface area contributed by atoms with Crippen LogP contribution in [0.4, 0.5) is 0 Å². The normalized spacial score (nSPS) is 10.0. The van der Waals surface area contributed by atoms with E-state index in [1.807, 2.05) is 42.6 Å². The molecule has 0 saturated heterocycles. The first-order valence-corrected chi connectivity index (χ1v) is 5.46. The van der Waals surface area contributed by atoms with E-state index in [0.717, 1.165) is 28.0 Å². The van der Waals surface area contributed by atoms with Gasteiger partial charge >= 0.3 is 0 Å². The second-order valence-electron chi connectivity index (χ2n) is 3.44. The average Bonchev–Trinajstić information content (AvgIpc) is 2.33. The summed E-state index contributed by atoms with van der Waals surface area (Å²) in [6, 6.07) is 9.93. The Kier molecular flexibility index (Phi) is 3.27. The van der Waals surface area contributed by atoms with Gasteiger partial charge in [-0.15, -0.1) is 6.58 Å². The number of hydrogen-bond donors (Lipinski definition) is 1. The lowest BCUT2D eigenvalue weighted by Crippen LogP contribution is -1.93. The Morgan fingerprint density at radius 3 is 2.69 bits per heavy atom. The molecular formula is C13H12N2S. The van der Waals surface area contributed by atoms with Crippen molar-refractivity contribution in [3.63, 3.8) is 0 Å². The minimum atomic E-state index is 0.730. The van der Waals surface area contributed by atoms with Gasteiger partial charge in [-0.1, -0.05) is 48.6 Å². The van der Waals surface area contributed by atoms with Gasteiger partial charge in [-0.3, -0.25) is 0 Å². The van der Waals surface area contributed by atoms with Gasteiger partial charge in [0.2, 0.25) is 0 Å². The van der Waals surface area contributed by atoms with Crippen LogP contribution in [0.25, 0.3) is 11.4 Å². The molecule has 80 valence electrons. The maximum absolute atomic E-state index is 5.26. The molecule has 1 aromatic carbocycles.